The van der Waals surface area contributed by atoms with Gasteiger partial charge in [0.25, 0.3) is 11.1 Å². The van der Waals surface area contributed by atoms with Crippen molar-refractivity contribution in [2.75, 3.05) is 7.11 Å². The van der Waals surface area contributed by atoms with Crippen LogP contribution in [-0.2, 0) is 17.9 Å². The molecule has 1 heterocycles. The number of ether oxygens (including phenoxy) is 2. The van der Waals surface area contributed by atoms with Crippen LogP contribution in [0.25, 0.3) is 6.08 Å². The van der Waals surface area contributed by atoms with E-state index in [1.165, 1.54) is 7.11 Å². The molecule has 2 amide bonds. The van der Waals surface area contributed by atoms with E-state index in [1.54, 1.807) is 60.7 Å². The van der Waals surface area contributed by atoms with Crippen LogP contribution in [0.3, 0.4) is 0 Å². The lowest BCUT2D eigenvalue weighted by Crippen LogP contribution is -2.27. The Kier molecular flexibility index (Phi) is 7.21. The third-order valence-corrected chi connectivity index (χ3v) is 6.29. The zero-order valence-electron chi connectivity index (χ0n) is 18.2. The predicted octanol–water partition coefficient (Wildman–Crippen LogP) is 6.04. The molecule has 0 atom stereocenters. The Bertz CT molecular complexity index is 1320. The largest absolute Gasteiger partial charge is 0.493 e. The molecular formula is C26H19ClN2O4S. The molecule has 0 N–H and O–H groups in total. The van der Waals surface area contributed by atoms with Crippen molar-refractivity contribution in [3.8, 4) is 17.6 Å². The molecule has 170 valence electrons. The summed E-state index contributed by atoms with van der Waals surface area (Å²) in [5, 5.41) is 9.56. The van der Waals surface area contributed by atoms with Crippen LogP contribution in [0, 0.1) is 11.3 Å². The summed E-state index contributed by atoms with van der Waals surface area (Å²) < 4.78 is 11.3. The third-order valence-electron chi connectivity index (χ3n) is 5.13. The highest BCUT2D eigenvalue weighted by atomic mass is 35.5. The summed E-state index contributed by atoms with van der Waals surface area (Å²) >= 11 is 6.79. The second kappa shape index (κ2) is 10.5. The number of amides is 2. The first-order valence-electron chi connectivity index (χ1n) is 10.3. The van der Waals surface area contributed by atoms with Crippen molar-refractivity contribution in [3.05, 3.63) is 98.9 Å². The fraction of sp³-hybridized carbons (Fsp3) is 0.115. The first-order chi connectivity index (χ1) is 16.5. The summed E-state index contributed by atoms with van der Waals surface area (Å²) in [6.45, 7) is 0.391. The van der Waals surface area contributed by atoms with Crippen molar-refractivity contribution in [2.45, 2.75) is 13.2 Å². The van der Waals surface area contributed by atoms with E-state index in [0.29, 0.717) is 44.7 Å². The standard InChI is InChI=1S/C26H19ClN2O4S/c1-32-23-12-18(8-11-22(23)33-16-17-6-9-21(27)10-7-17)13-24-25(30)29(26(31)34-24)15-20-5-3-2-4-19(20)14-28/h2-13H,15-16H2,1H3/b24-13+. The minimum absolute atomic E-state index is 0.0482. The Morgan fingerprint density at radius 3 is 2.56 bits per heavy atom. The smallest absolute Gasteiger partial charge is 0.293 e. The Hall–Kier alpha value is -3.73. The summed E-state index contributed by atoms with van der Waals surface area (Å²) in [5.74, 6) is 0.658. The second-order valence-electron chi connectivity index (χ2n) is 7.36. The van der Waals surface area contributed by atoms with Gasteiger partial charge in [-0.25, -0.2) is 0 Å². The number of methoxy groups -OCH3 is 1. The summed E-state index contributed by atoms with van der Waals surface area (Å²) in [4.78, 5) is 26.8. The van der Waals surface area contributed by atoms with Crippen LogP contribution in [0.1, 0.15) is 22.3 Å². The normalized spacial score (nSPS) is 14.4. The van der Waals surface area contributed by atoms with Gasteiger partial charge in [-0.05, 0) is 64.9 Å². The van der Waals surface area contributed by atoms with Gasteiger partial charge in [-0.3, -0.25) is 14.5 Å². The first kappa shape index (κ1) is 23.4. The summed E-state index contributed by atoms with van der Waals surface area (Å²) in [6.07, 6.45) is 1.65. The van der Waals surface area contributed by atoms with Gasteiger partial charge in [0.2, 0.25) is 0 Å². The summed E-state index contributed by atoms with van der Waals surface area (Å²) in [5.41, 5.74) is 2.71. The van der Waals surface area contributed by atoms with Gasteiger partial charge in [0.05, 0.1) is 30.2 Å². The zero-order chi connectivity index (χ0) is 24.1. The molecular weight excluding hydrogens is 472 g/mol. The van der Waals surface area contributed by atoms with Crippen molar-refractivity contribution in [1.82, 2.24) is 4.90 Å². The van der Waals surface area contributed by atoms with E-state index >= 15 is 0 Å². The Labute approximate surface area is 206 Å². The molecule has 0 saturated carbocycles. The van der Waals surface area contributed by atoms with Crippen LogP contribution < -0.4 is 9.47 Å². The molecule has 1 saturated heterocycles. The Balaban J connectivity index is 1.49. The molecule has 1 aliphatic heterocycles. The highest BCUT2D eigenvalue weighted by molar-refractivity contribution is 8.18. The zero-order valence-corrected chi connectivity index (χ0v) is 19.7. The molecule has 1 fully saturated rings. The molecule has 34 heavy (non-hydrogen) atoms. The SMILES string of the molecule is COc1cc(/C=C2/SC(=O)N(Cc3ccccc3C#N)C2=O)ccc1OCc1ccc(Cl)cc1. The highest BCUT2D eigenvalue weighted by Crippen LogP contribution is 2.35. The van der Waals surface area contributed by atoms with Gasteiger partial charge < -0.3 is 9.47 Å². The molecule has 4 rings (SSSR count). The molecule has 1 aliphatic rings. The number of carbonyl (C=O) groups excluding carboxylic acids is 2. The van der Waals surface area contributed by atoms with Crippen LogP contribution in [-0.4, -0.2) is 23.2 Å². The molecule has 6 nitrogen and oxygen atoms in total. The molecule has 0 spiro atoms. The van der Waals surface area contributed by atoms with E-state index in [0.717, 1.165) is 22.2 Å². The Morgan fingerprint density at radius 2 is 1.82 bits per heavy atom. The van der Waals surface area contributed by atoms with Crippen LogP contribution >= 0.6 is 23.4 Å². The molecule has 0 aliphatic carbocycles. The number of nitrogens with zero attached hydrogens (tertiary/aromatic N) is 2. The minimum atomic E-state index is -0.398. The number of benzene rings is 3. The fourth-order valence-electron chi connectivity index (χ4n) is 3.36. The number of hydrogen-bond acceptors (Lipinski definition) is 6. The quantitative estimate of drug-likeness (QED) is 0.376. The van der Waals surface area contributed by atoms with Gasteiger partial charge >= 0.3 is 0 Å². The number of thioether (sulfide) groups is 1. The molecule has 8 heteroatoms. The third kappa shape index (κ3) is 5.25. The van der Waals surface area contributed by atoms with Gasteiger partial charge in [-0.2, -0.15) is 5.26 Å². The van der Waals surface area contributed by atoms with Crippen LogP contribution in [0.2, 0.25) is 5.02 Å². The number of carbonyl (C=O) groups is 2. The molecule has 0 radical (unpaired) electrons. The molecule has 0 aromatic heterocycles. The van der Waals surface area contributed by atoms with Crippen LogP contribution in [0.4, 0.5) is 4.79 Å². The average Bonchev–Trinajstić information content (AvgIpc) is 3.11. The van der Waals surface area contributed by atoms with Crippen molar-refractivity contribution in [3.63, 3.8) is 0 Å². The number of halogens is 1. The maximum absolute atomic E-state index is 12.9. The number of hydrogen-bond donors (Lipinski definition) is 0. The fourth-order valence-corrected chi connectivity index (χ4v) is 4.32. The molecule has 3 aromatic carbocycles. The van der Waals surface area contributed by atoms with E-state index in [9.17, 15) is 14.9 Å². The van der Waals surface area contributed by atoms with Gasteiger partial charge in [0.15, 0.2) is 11.5 Å². The van der Waals surface area contributed by atoms with Gasteiger partial charge in [0.1, 0.15) is 6.61 Å². The van der Waals surface area contributed by atoms with Crippen LogP contribution in [0.15, 0.2) is 71.6 Å². The monoisotopic (exact) mass is 490 g/mol. The van der Waals surface area contributed by atoms with Gasteiger partial charge in [-0.15, -0.1) is 0 Å². The van der Waals surface area contributed by atoms with E-state index in [4.69, 9.17) is 21.1 Å². The van der Waals surface area contributed by atoms with E-state index in [-0.39, 0.29) is 11.8 Å². The predicted molar refractivity (Wildman–Crippen MR) is 131 cm³/mol. The molecule has 3 aromatic rings. The topological polar surface area (TPSA) is 79.6 Å². The number of imide groups is 1. The second-order valence-corrected chi connectivity index (χ2v) is 8.79. The lowest BCUT2D eigenvalue weighted by atomic mass is 10.1. The van der Waals surface area contributed by atoms with Crippen molar-refractivity contribution in [1.29, 1.82) is 5.26 Å². The van der Waals surface area contributed by atoms with E-state index < -0.39 is 5.91 Å². The molecule has 0 unspecified atom stereocenters. The van der Waals surface area contributed by atoms with Crippen molar-refractivity contribution in [2.24, 2.45) is 0 Å². The minimum Gasteiger partial charge on any atom is -0.493 e. The Morgan fingerprint density at radius 1 is 1.06 bits per heavy atom. The van der Waals surface area contributed by atoms with E-state index in [1.807, 2.05) is 12.1 Å². The summed E-state index contributed by atoms with van der Waals surface area (Å²) in [6, 6.07) is 21.7. The van der Waals surface area contributed by atoms with Gasteiger partial charge in [-0.1, -0.05) is 48.0 Å². The van der Waals surface area contributed by atoms with Crippen LogP contribution in [0.5, 0.6) is 11.5 Å². The number of nitriles is 1. The van der Waals surface area contributed by atoms with Gasteiger partial charge in [0, 0.05) is 5.02 Å². The van der Waals surface area contributed by atoms with Crippen molar-refractivity contribution < 1.29 is 19.1 Å². The molecule has 0 bridgehead atoms. The highest BCUT2D eigenvalue weighted by Gasteiger charge is 2.35. The average molecular weight is 491 g/mol. The summed E-state index contributed by atoms with van der Waals surface area (Å²) in [7, 11) is 1.54. The maximum Gasteiger partial charge on any atom is 0.293 e. The van der Waals surface area contributed by atoms with Crippen molar-refractivity contribution >= 4 is 40.6 Å². The van der Waals surface area contributed by atoms with E-state index in [2.05, 4.69) is 6.07 Å². The number of rotatable bonds is 7. The first-order valence-corrected chi connectivity index (χ1v) is 11.5. The lowest BCUT2D eigenvalue weighted by Gasteiger charge is -2.13. The lowest BCUT2D eigenvalue weighted by molar-refractivity contribution is -0.123. The maximum atomic E-state index is 12.9.